The van der Waals surface area contributed by atoms with Gasteiger partial charge >= 0.3 is 7.60 Å². The molecule has 1 aromatic carbocycles. The first kappa shape index (κ1) is 15.1. The molecular formula is C14H20N2O3P+. The van der Waals surface area contributed by atoms with Crippen LogP contribution < -0.4 is 9.99 Å². The number of fused-ring (bicyclic) bond motifs is 1. The molecule has 20 heavy (non-hydrogen) atoms. The lowest BCUT2D eigenvalue weighted by molar-refractivity contribution is -0.768. The molecule has 0 bridgehead atoms. The minimum atomic E-state index is -3.87. The second-order valence-corrected chi connectivity index (χ2v) is 7.01. The summed E-state index contributed by atoms with van der Waals surface area (Å²) in [5.74, 6) is 0. The van der Waals surface area contributed by atoms with Crippen LogP contribution in [0, 0.1) is 0 Å². The summed E-state index contributed by atoms with van der Waals surface area (Å²) in [7, 11) is -3.87. The molecule has 0 aliphatic rings. The molecule has 0 amide bonds. The van der Waals surface area contributed by atoms with Crippen LogP contribution in [0.4, 0.5) is 0 Å². The van der Waals surface area contributed by atoms with Crippen molar-refractivity contribution in [3.63, 3.8) is 0 Å². The zero-order chi connectivity index (χ0) is 14.9. The van der Waals surface area contributed by atoms with E-state index in [1.54, 1.807) is 30.8 Å². The number of rotatable bonds is 4. The minimum absolute atomic E-state index is 0.0948. The quantitative estimate of drug-likeness (QED) is 0.694. The van der Waals surface area contributed by atoms with Gasteiger partial charge in [0.15, 0.2) is 6.04 Å². The summed E-state index contributed by atoms with van der Waals surface area (Å²) < 4.78 is 19.4. The molecule has 0 saturated carbocycles. The van der Waals surface area contributed by atoms with E-state index in [-0.39, 0.29) is 12.1 Å². The van der Waals surface area contributed by atoms with Crippen molar-refractivity contribution in [2.75, 3.05) is 0 Å². The SMILES string of the molecule is CC(C)OP(=O)(O)c1c[n+](C(C)C)nc2ccccc12. The maximum Gasteiger partial charge on any atom is 0.365 e. The van der Waals surface area contributed by atoms with Crippen molar-refractivity contribution in [3.8, 4) is 0 Å². The molecule has 0 aliphatic heterocycles. The predicted molar refractivity (Wildman–Crippen MR) is 78.0 cm³/mol. The summed E-state index contributed by atoms with van der Waals surface area (Å²) in [5.41, 5.74) is 0.681. The molecule has 0 aliphatic carbocycles. The zero-order valence-electron chi connectivity index (χ0n) is 12.1. The van der Waals surface area contributed by atoms with Gasteiger partial charge < -0.3 is 9.42 Å². The van der Waals surface area contributed by atoms with E-state index >= 15 is 0 Å². The lowest BCUT2D eigenvalue weighted by Gasteiger charge is -2.15. The third kappa shape index (κ3) is 3.06. The molecule has 1 N–H and O–H groups in total. The van der Waals surface area contributed by atoms with Crippen molar-refractivity contribution >= 4 is 23.8 Å². The molecule has 2 aromatic rings. The van der Waals surface area contributed by atoms with E-state index in [1.807, 2.05) is 32.0 Å². The Bertz CT molecular complexity index is 671. The molecule has 1 atom stereocenters. The van der Waals surface area contributed by atoms with E-state index in [2.05, 4.69) is 5.10 Å². The molecule has 0 saturated heterocycles. The van der Waals surface area contributed by atoms with Gasteiger partial charge in [-0.2, -0.15) is 0 Å². The van der Waals surface area contributed by atoms with E-state index in [0.717, 1.165) is 0 Å². The third-order valence-corrected chi connectivity index (χ3v) is 4.52. The number of aromatic nitrogens is 2. The van der Waals surface area contributed by atoms with Crippen LogP contribution >= 0.6 is 7.60 Å². The second kappa shape index (κ2) is 5.60. The number of hydrogen-bond donors (Lipinski definition) is 1. The van der Waals surface area contributed by atoms with E-state index in [1.165, 1.54) is 0 Å². The lowest BCUT2D eigenvalue weighted by atomic mass is 10.2. The molecular weight excluding hydrogens is 275 g/mol. The standard InChI is InChI=1S/C14H19N2O3P/c1-10(2)16-9-14(20(17,18)19-11(3)4)12-7-5-6-8-13(12)15-16/h5-11H,1-4H3/p+1. The van der Waals surface area contributed by atoms with Gasteiger partial charge in [0.05, 0.1) is 6.10 Å². The van der Waals surface area contributed by atoms with Crippen LogP contribution in [0.25, 0.3) is 10.9 Å². The van der Waals surface area contributed by atoms with Gasteiger partial charge in [-0.05, 0) is 33.8 Å². The Labute approximate surface area is 118 Å². The van der Waals surface area contributed by atoms with Crippen molar-refractivity contribution in [2.24, 2.45) is 0 Å². The Balaban J connectivity index is 2.70. The number of nitrogens with zero attached hydrogens (tertiary/aromatic N) is 2. The van der Waals surface area contributed by atoms with Crippen LogP contribution in [0.2, 0.25) is 0 Å². The fraction of sp³-hybridized carbons (Fsp3) is 0.429. The largest absolute Gasteiger partial charge is 0.365 e. The van der Waals surface area contributed by atoms with Crippen molar-refractivity contribution in [3.05, 3.63) is 30.5 Å². The van der Waals surface area contributed by atoms with Crippen molar-refractivity contribution < 1.29 is 18.7 Å². The Morgan fingerprint density at radius 3 is 2.50 bits per heavy atom. The van der Waals surface area contributed by atoms with Gasteiger partial charge in [-0.15, -0.1) is 0 Å². The van der Waals surface area contributed by atoms with E-state index in [9.17, 15) is 9.46 Å². The number of benzene rings is 1. The van der Waals surface area contributed by atoms with Crippen molar-refractivity contribution in [2.45, 2.75) is 39.8 Å². The van der Waals surface area contributed by atoms with Gasteiger partial charge in [0.25, 0.3) is 0 Å². The maximum absolute atomic E-state index is 12.5. The molecule has 1 heterocycles. The van der Waals surface area contributed by atoms with Gasteiger partial charge in [-0.25, -0.2) is 0 Å². The highest BCUT2D eigenvalue weighted by atomic mass is 31.2. The first-order valence-electron chi connectivity index (χ1n) is 6.64. The molecule has 2 rings (SSSR count). The highest BCUT2D eigenvalue weighted by Crippen LogP contribution is 2.43. The monoisotopic (exact) mass is 295 g/mol. The predicted octanol–water partition coefficient (Wildman–Crippen LogP) is 2.34. The summed E-state index contributed by atoms with van der Waals surface area (Å²) in [6, 6.07) is 7.39. The first-order valence-corrected chi connectivity index (χ1v) is 8.22. The van der Waals surface area contributed by atoms with Crippen molar-refractivity contribution in [1.82, 2.24) is 5.10 Å². The van der Waals surface area contributed by atoms with Crippen LogP contribution in [-0.4, -0.2) is 16.1 Å². The maximum atomic E-state index is 12.5. The van der Waals surface area contributed by atoms with Gasteiger partial charge in [0, 0.05) is 10.5 Å². The Morgan fingerprint density at radius 1 is 1.25 bits per heavy atom. The lowest BCUT2D eigenvalue weighted by Crippen LogP contribution is -2.43. The topological polar surface area (TPSA) is 63.3 Å². The number of hydrogen-bond acceptors (Lipinski definition) is 3. The Kier molecular flexibility index (Phi) is 4.23. The van der Waals surface area contributed by atoms with Gasteiger partial charge in [-0.3, -0.25) is 4.57 Å². The Hall–Kier alpha value is -1.29. The second-order valence-electron chi connectivity index (χ2n) is 5.28. The summed E-state index contributed by atoms with van der Waals surface area (Å²) >= 11 is 0. The summed E-state index contributed by atoms with van der Waals surface area (Å²) in [4.78, 5) is 10.3. The third-order valence-electron chi connectivity index (χ3n) is 2.84. The average molecular weight is 295 g/mol. The highest BCUT2D eigenvalue weighted by molar-refractivity contribution is 7.61. The van der Waals surface area contributed by atoms with Gasteiger partial charge in [0.2, 0.25) is 6.20 Å². The van der Waals surface area contributed by atoms with E-state index in [0.29, 0.717) is 16.2 Å². The molecule has 0 spiro atoms. The summed E-state index contributed by atoms with van der Waals surface area (Å²) in [5, 5.41) is 5.40. The molecule has 6 heteroatoms. The van der Waals surface area contributed by atoms with Crippen molar-refractivity contribution in [1.29, 1.82) is 0 Å². The molecule has 1 aromatic heterocycles. The van der Waals surface area contributed by atoms with Crippen LogP contribution in [0.3, 0.4) is 0 Å². The molecule has 5 nitrogen and oxygen atoms in total. The molecule has 0 fully saturated rings. The van der Waals surface area contributed by atoms with Crippen LogP contribution in [-0.2, 0) is 9.09 Å². The molecule has 108 valence electrons. The van der Waals surface area contributed by atoms with Crippen LogP contribution in [0.5, 0.6) is 0 Å². The summed E-state index contributed by atoms with van der Waals surface area (Å²) in [6.07, 6.45) is 1.28. The van der Waals surface area contributed by atoms with Crippen LogP contribution in [0.1, 0.15) is 33.7 Å². The Morgan fingerprint density at radius 2 is 1.90 bits per heavy atom. The fourth-order valence-corrected chi connectivity index (χ4v) is 3.40. The van der Waals surface area contributed by atoms with Gasteiger partial charge in [0.1, 0.15) is 10.8 Å². The normalized spacial score (nSPS) is 14.9. The highest BCUT2D eigenvalue weighted by Gasteiger charge is 2.31. The zero-order valence-corrected chi connectivity index (χ0v) is 13.0. The summed E-state index contributed by atoms with van der Waals surface area (Å²) in [6.45, 7) is 7.42. The van der Waals surface area contributed by atoms with E-state index in [4.69, 9.17) is 4.52 Å². The smallest absolute Gasteiger partial charge is 0.321 e. The van der Waals surface area contributed by atoms with E-state index < -0.39 is 7.60 Å². The van der Waals surface area contributed by atoms with Crippen LogP contribution in [0.15, 0.2) is 30.5 Å². The molecule has 0 radical (unpaired) electrons. The first-order chi connectivity index (χ1) is 9.31. The average Bonchev–Trinajstić information content (AvgIpc) is 2.35. The van der Waals surface area contributed by atoms with Gasteiger partial charge in [-0.1, -0.05) is 22.9 Å². The molecule has 1 unspecified atom stereocenters. The minimum Gasteiger partial charge on any atom is -0.321 e. The fourth-order valence-electron chi connectivity index (χ4n) is 1.96.